The third-order valence-electron chi connectivity index (χ3n) is 3.42. The highest BCUT2D eigenvalue weighted by molar-refractivity contribution is 5.75. The lowest BCUT2D eigenvalue weighted by Crippen LogP contribution is -2.41. The van der Waals surface area contributed by atoms with Crippen molar-refractivity contribution in [3.8, 4) is 0 Å². The Bertz CT molecular complexity index is 293. The van der Waals surface area contributed by atoms with Gasteiger partial charge in [0.15, 0.2) is 0 Å². The molecule has 1 aliphatic rings. The number of hydrogen-bond donors (Lipinski definition) is 2. The predicted molar refractivity (Wildman–Crippen MR) is 64.7 cm³/mol. The molecule has 3 atom stereocenters. The molecule has 0 saturated heterocycles. The van der Waals surface area contributed by atoms with E-state index < -0.39 is 11.9 Å². The molecule has 2 amide bonds. The fraction of sp³-hybridized carbons (Fsp3) is 0.833. The first kappa shape index (κ1) is 13.8. The highest BCUT2D eigenvalue weighted by Crippen LogP contribution is 2.40. The van der Waals surface area contributed by atoms with Crippen LogP contribution in [0.5, 0.6) is 0 Å². The molecule has 0 heterocycles. The Morgan fingerprint density at radius 2 is 2.12 bits per heavy atom. The van der Waals surface area contributed by atoms with Crippen molar-refractivity contribution in [3.05, 3.63) is 0 Å². The molecule has 1 rings (SSSR count). The highest BCUT2D eigenvalue weighted by atomic mass is 16.4. The van der Waals surface area contributed by atoms with Gasteiger partial charge in [0.2, 0.25) is 0 Å². The fourth-order valence-electron chi connectivity index (χ4n) is 1.99. The maximum atomic E-state index is 11.7. The molecular formula is C12H22N2O3. The molecule has 0 aromatic rings. The van der Waals surface area contributed by atoms with Gasteiger partial charge in [0.1, 0.15) is 0 Å². The van der Waals surface area contributed by atoms with Crippen molar-refractivity contribution < 1.29 is 14.7 Å². The summed E-state index contributed by atoms with van der Waals surface area (Å²) in [6.07, 6.45) is 2.37. The van der Waals surface area contributed by atoms with Crippen LogP contribution < -0.4 is 5.32 Å². The van der Waals surface area contributed by atoms with Crippen LogP contribution in [0.2, 0.25) is 0 Å². The van der Waals surface area contributed by atoms with Gasteiger partial charge in [0.05, 0.1) is 5.92 Å². The lowest BCUT2D eigenvalue weighted by atomic mass is 10.2. The smallest absolute Gasteiger partial charge is 0.317 e. The van der Waals surface area contributed by atoms with Crippen LogP contribution in [0.1, 0.15) is 26.7 Å². The zero-order valence-corrected chi connectivity index (χ0v) is 10.8. The maximum Gasteiger partial charge on any atom is 0.317 e. The second kappa shape index (κ2) is 5.89. The average Bonchev–Trinajstić information content (AvgIpc) is 3.04. The van der Waals surface area contributed by atoms with Gasteiger partial charge >= 0.3 is 12.0 Å². The third kappa shape index (κ3) is 4.24. The number of carbonyl (C=O) groups is 2. The summed E-state index contributed by atoms with van der Waals surface area (Å²) in [6.45, 7) is 4.71. The monoisotopic (exact) mass is 242 g/mol. The largest absolute Gasteiger partial charge is 0.481 e. The first-order valence-corrected chi connectivity index (χ1v) is 6.17. The summed E-state index contributed by atoms with van der Waals surface area (Å²) < 4.78 is 0. The van der Waals surface area contributed by atoms with E-state index in [0.29, 0.717) is 12.5 Å². The Labute approximate surface area is 102 Å². The highest BCUT2D eigenvalue weighted by Gasteiger charge is 2.35. The third-order valence-corrected chi connectivity index (χ3v) is 3.42. The summed E-state index contributed by atoms with van der Waals surface area (Å²) in [6, 6.07) is -0.181. The molecule has 0 aromatic carbocycles. The van der Waals surface area contributed by atoms with E-state index >= 15 is 0 Å². The molecule has 2 N–H and O–H groups in total. The number of urea groups is 1. The van der Waals surface area contributed by atoms with Crippen molar-refractivity contribution in [2.45, 2.75) is 26.7 Å². The van der Waals surface area contributed by atoms with Crippen LogP contribution in [0.15, 0.2) is 0 Å². The molecule has 0 aliphatic heterocycles. The summed E-state index contributed by atoms with van der Waals surface area (Å²) in [5.74, 6) is -0.0271. The lowest BCUT2D eigenvalue weighted by Gasteiger charge is -2.20. The van der Waals surface area contributed by atoms with Gasteiger partial charge in [-0.25, -0.2) is 4.79 Å². The van der Waals surface area contributed by atoms with Crippen LogP contribution >= 0.6 is 0 Å². The molecular weight excluding hydrogens is 220 g/mol. The Kier molecular flexibility index (Phi) is 4.78. The summed E-state index contributed by atoms with van der Waals surface area (Å²) in [4.78, 5) is 23.7. The van der Waals surface area contributed by atoms with E-state index in [1.54, 1.807) is 14.0 Å². The number of rotatable bonds is 6. The van der Waals surface area contributed by atoms with Gasteiger partial charge in [-0.3, -0.25) is 4.79 Å². The van der Waals surface area contributed by atoms with Crippen molar-refractivity contribution in [2.75, 3.05) is 20.1 Å². The second-order valence-electron chi connectivity index (χ2n) is 4.97. The van der Waals surface area contributed by atoms with E-state index in [2.05, 4.69) is 12.2 Å². The zero-order chi connectivity index (χ0) is 13.0. The molecule has 0 bridgehead atoms. The fourth-order valence-corrected chi connectivity index (χ4v) is 1.99. The number of nitrogens with zero attached hydrogens (tertiary/aromatic N) is 1. The molecule has 1 saturated carbocycles. The van der Waals surface area contributed by atoms with Crippen molar-refractivity contribution >= 4 is 12.0 Å². The number of hydrogen-bond acceptors (Lipinski definition) is 2. The number of aliphatic carboxylic acids is 1. The van der Waals surface area contributed by atoms with Gasteiger partial charge in [0, 0.05) is 20.1 Å². The SMILES string of the molecule is CC[C@@H]1C[C@H]1CNC(=O)N(C)CC(C)C(=O)O. The number of carboxylic acids is 1. The number of nitrogens with one attached hydrogen (secondary N) is 1. The minimum absolute atomic E-state index is 0.181. The average molecular weight is 242 g/mol. The molecule has 0 radical (unpaired) electrons. The Morgan fingerprint density at radius 1 is 1.47 bits per heavy atom. The standard InChI is InChI=1S/C12H22N2O3/c1-4-9-5-10(9)6-13-12(17)14(3)7-8(2)11(15)16/h8-10H,4-7H2,1-3H3,(H,13,17)(H,15,16)/t8?,9-,10+/m1/s1. The van der Waals surface area contributed by atoms with Gasteiger partial charge in [-0.05, 0) is 18.3 Å². The van der Waals surface area contributed by atoms with Crippen LogP contribution in [0.3, 0.4) is 0 Å². The van der Waals surface area contributed by atoms with E-state index in [-0.39, 0.29) is 12.6 Å². The van der Waals surface area contributed by atoms with Gasteiger partial charge in [-0.15, -0.1) is 0 Å². The Morgan fingerprint density at radius 3 is 2.59 bits per heavy atom. The van der Waals surface area contributed by atoms with Crippen LogP contribution in [-0.4, -0.2) is 42.1 Å². The van der Waals surface area contributed by atoms with Gasteiger partial charge in [-0.2, -0.15) is 0 Å². The maximum absolute atomic E-state index is 11.7. The minimum Gasteiger partial charge on any atom is -0.481 e. The lowest BCUT2D eigenvalue weighted by molar-refractivity contribution is -0.141. The number of amides is 2. The molecule has 17 heavy (non-hydrogen) atoms. The van der Waals surface area contributed by atoms with Crippen molar-refractivity contribution in [3.63, 3.8) is 0 Å². The zero-order valence-electron chi connectivity index (χ0n) is 10.8. The van der Waals surface area contributed by atoms with E-state index in [0.717, 1.165) is 5.92 Å². The molecule has 0 aromatic heterocycles. The summed E-state index contributed by atoms with van der Waals surface area (Å²) >= 11 is 0. The van der Waals surface area contributed by atoms with Crippen molar-refractivity contribution in [1.82, 2.24) is 10.2 Å². The topological polar surface area (TPSA) is 69.6 Å². The first-order chi connectivity index (χ1) is 7.95. The van der Waals surface area contributed by atoms with Crippen LogP contribution in [0, 0.1) is 17.8 Å². The van der Waals surface area contributed by atoms with E-state index in [1.807, 2.05) is 0 Å². The summed E-state index contributed by atoms with van der Waals surface area (Å²) in [7, 11) is 1.62. The second-order valence-corrected chi connectivity index (χ2v) is 4.97. The summed E-state index contributed by atoms with van der Waals surface area (Å²) in [5.41, 5.74) is 0. The molecule has 1 fully saturated rings. The normalized spacial score (nSPS) is 23.9. The van der Waals surface area contributed by atoms with Crippen LogP contribution in [0.4, 0.5) is 4.79 Å². The van der Waals surface area contributed by atoms with Crippen molar-refractivity contribution in [2.24, 2.45) is 17.8 Å². The minimum atomic E-state index is -0.877. The van der Waals surface area contributed by atoms with Crippen LogP contribution in [-0.2, 0) is 4.79 Å². The van der Waals surface area contributed by atoms with Crippen LogP contribution in [0.25, 0.3) is 0 Å². The molecule has 5 heteroatoms. The van der Waals surface area contributed by atoms with E-state index in [1.165, 1.54) is 17.7 Å². The van der Waals surface area contributed by atoms with E-state index in [9.17, 15) is 9.59 Å². The number of carboxylic acid groups (broad SMARTS) is 1. The Balaban J connectivity index is 2.20. The van der Waals surface area contributed by atoms with Crippen molar-refractivity contribution in [1.29, 1.82) is 0 Å². The molecule has 5 nitrogen and oxygen atoms in total. The summed E-state index contributed by atoms with van der Waals surface area (Å²) in [5, 5.41) is 11.6. The number of carbonyl (C=O) groups excluding carboxylic acids is 1. The molecule has 98 valence electrons. The predicted octanol–water partition coefficient (Wildman–Crippen LogP) is 1.39. The first-order valence-electron chi connectivity index (χ1n) is 6.17. The van der Waals surface area contributed by atoms with E-state index in [4.69, 9.17) is 5.11 Å². The van der Waals surface area contributed by atoms with Gasteiger partial charge < -0.3 is 15.3 Å². The quantitative estimate of drug-likeness (QED) is 0.739. The molecule has 1 aliphatic carbocycles. The molecule has 1 unspecified atom stereocenters. The Hall–Kier alpha value is -1.26. The molecule has 0 spiro atoms. The van der Waals surface area contributed by atoms with Gasteiger partial charge in [-0.1, -0.05) is 20.3 Å². The van der Waals surface area contributed by atoms with Gasteiger partial charge in [0.25, 0.3) is 0 Å².